The van der Waals surface area contributed by atoms with Crippen molar-refractivity contribution in [1.29, 1.82) is 0 Å². The molecule has 2 nitrogen and oxygen atoms in total. The minimum absolute atomic E-state index is 0.296. The second-order valence-electron chi connectivity index (χ2n) is 4.75. The van der Waals surface area contributed by atoms with Gasteiger partial charge >= 0.3 is 0 Å². The Kier molecular flexibility index (Phi) is 3.13. The lowest BCUT2D eigenvalue weighted by Gasteiger charge is -2.44. The van der Waals surface area contributed by atoms with E-state index in [4.69, 9.17) is 5.73 Å². The van der Waals surface area contributed by atoms with E-state index in [-0.39, 0.29) is 0 Å². The van der Waals surface area contributed by atoms with Crippen molar-refractivity contribution in [1.82, 2.24) is 4.90 Å². The predicted molar refractivity (Wildman–Crippen MR) is 53.2 cm³/mol. The average Bonchev–Trinajstić information content (AvgIpc) is 2.03. The van der Waals surface area contributed by atoms with Gasteiger partial charge in [0.1, 0.15) is 0 Å². The van der Waals surface area contributed by atoms with E-state index in [2.05, 4.69) is 25.7 Å². The molecule has 1 saturated heterocycles. The van der Waals surface area contributed by atoms with Gasteiger partial charge in [-0.25, -0.2) is 0 Å². The summed E-state index contributed by atoms with van der Waals surface area (Å²) in [6, 6.07) is 0.624. The quantitative estimate of drug-likeness (QED) is 0.647. The largest absolute Gasteiger partial charge is 0.329 e. The molecule has 2 heteroatoms. The Bertz CT molecular complexity index is 137. The normalized spacial score (nSPS) is 27.5. The Morgan fingerprint density at radius 3 is 2.42 bits per heavy atom. The standard InChI is InChI=1S/C10H22N2/c1-10(2,3)12-7-5-4-6-9(12)8-11/h9H,4-8,11H2,1-3H3/t9-/m0/s1. The van der Waals surface area contributed by atoms with Crippen LogP contribution in [0, 0.1) is 0 Å². The molecule has 72 valence electrons. The SMILES string of the molecule is CC(C)(C)N1CCCC[C@H]1CN. The van der Waals surface area contributed by atoms with Crippen LogP contribution in [0.4, 0.5) is 0 Å². The Morgan fingerprint density at radius 2 is 2.00 bits per heavy atom. The highest BCUT2D eigenvalue weighted by atomic mass is 15.2. The summed E-state index contributed by atoms with van der Waals surface area (Å²) in [5.41, 5.74) is 6.04. The predicted octanol–water partition coefficient (Wildman–Crippen LogP) is 1.60. The number of piperidine rings is 1. The van der Waals surface area contributed by atoms with Gasteiger partial charge in [0, 0.05) is 18.1 Å². The zero-order valence-electron chi connectivity index (χ0n) is 8.64. The Morgan fingerprint density at radius 1 is 1.33 bits per heavy atom. The fourth-order valence-electron chi connectivity index (χ4n) is 2.13. The molecule has 12 heavy (non-hydrogen) atoms. The number of hydrogen-bond donors (Lipinski definition) is 1. The van der Waals surface area contributed by atoms with Crippen molar-refractivity contribution in [2.24, 2.45) is 5.73 Å². The van der Waals surface area contributed by atoms with E-state index in [1.165, 1.54) is 25.8 Å². The third-order valence-electron chi connectivity index (χ3n) is 2.76. The van der Waals surface area contributed by atoms with Gasteiger partial charge in [-0.05, 0) is 40.2 Å². The Labute approximate surface area is 76.1 Å². The van der Waals surface area contributed by atoms with Gasteiger partial charge in [-0.1, -0.05) is 6.42 Å². The van der Waals surface area contributed by atoms with Crippen molar-refractivity contribution >= 4 is 0 Å². The lowest BCUT2D eigenvalue weighted by atomic mass is 9.95. The summed E-state index contributed by atoms with van der Waals surface area (Å²) in [4.78, 5) is 2.55. The summed E-state index contributed by atoms with van der Waals surface area (Å²) in [5, 5.41) is 0. The summed E-state index contributed by atoms with van der Waals surface area (Å²) >= 11 is 0. The molecule has 1 rings (SSSR count). The minimum atomic E-state index is 0.296. The summed E-state index contributed by atoms with van der Waals surface area (Å²) in [6.07, 6.45) is 3.98. The van der Waals surface area contributed by atoms with Crippen LogP contribution >= 0.6 is 0 Å². The maximum Gasteiger partial charge on any atom is 0.0223 e. The van der Waals surface area contributed by atoms with Crippen molar-refractivity contribution in [3.63, 3.8) is 0 Å². The number of hydrogen-bond acceptors (Lipinski definition) is 2. The summed E-state index contributed by atoms with van der Waals surface area (Å²) in [6.45, 7) is 8.88. The highest BCUT2D eigenvalue weighted by Crippen LogP contribution is 2.24. The molecular weight excluding hydrogens is 148 g/mol. The first-order chi connectivity index (χ1) is 5.55. The molecule has 0 bridgehead atoms. The fourth-order valence-corrected chi connectivity index (χ4v) is 2.13. The maximum absolute atomic E-state index is 5.75. The maximum atomic E-state index is 5.75. The van der Waals surface area contributed by atoms with Crippen molar-refractivity contribution < 1.29 is 0 Å². The van der Waals surface area contributed by atoms with Gasteiger partial charge in [0.25, 0.3) is 0 Å². The van der Waals surface area contributed by atoms with Crippen LogP contribution in [0.5, 0.6) is 0 Å². The number of nitrogens with two attached hydrogens (primary N) is 1. The second kappa shape index (κ2) is 3.75. The van der Waals surface area contributed by atoms with E-state index in [0.29, 0.717) is 11.6 Å². The highest BCUT2D eigenvalue weighted by Gasteiger charge is 2.29. The fraction of sp³-hybridized carbons (Fsp3) is 1.00. The minimum Gasteiger partial charge on any atom is -0.329 e. The van der Waals surface area contributed by atoms with Crippen molar-refractivity contribution in [2.75, 3.05) is 13.1 Å². The van der Waals surface area contributed by atoms with Gasteiger partial charge in [0.15, 0.2) is 0 Å². The first-order valence-electron chi connectivity index (χ1n) is 5.02. The van der Waals surface area contributed by atoms with Crippen LogP contribution in [0.25, 0.3) is 0 Å². The molecule has 0 aromatic carbocycles. The van der Waals surface area contributed by atoms with Crippen molar-refractivity contribution in [3.05, 3.63) is 0 Å². The van der Waals surface area contributed by atoms with E-state index < -0.39 is 0 Å². The number of nitrogens with zero attached hydrogens (tertiary/aromatic N) is 1. The molecule has 1 aliphatic rings. The molecule has 2 N–H and O–H groups in total. The molecule has 0 unspecified atom stereocenters. The molecule has 0 saturated carbocycles. The van der Waals surface area contributed by atoms with Gasteiger partial charge < -0.3 is 5.73 Å². The molecule has 1 fully saturated rings. The zero-order chi connectivity index (χ0) is 9.19. The second-order valence-corrected chi connectivity index (χ2v) is 4.75. The molecule has 0 aromatic heterocycles. The lowest BCUT2D eigenvalue weighted by molar-refractivity contribution is 0.0559. The van der Waals surface area contributed by atoms with E-state index >= 15 is 0 Å². The molecule has 0 aromatic rings. The topological polar surface area (TPSA) is 29.3 Å². The van der Waals surface area contributed by atoms with Crippen LogP contribution in [0.3, 0.4) is 0 Å². The van der Waals surface area contributed by atoms with E-state index in [0.717, 1.165) is 6.54 Å². The monoisotopic (exact) mass is 170 g/mol. The lowest BCUT2D eigenvalue weighted by Crippen LogP contribution is -2.53. The summed E-state index contributed by atoms with van der Waals surface area (Å²) in [5.74, 6) is 0. The average molecular weight is 170 g/mol. The molecule has 0 amide bonds. The van der Waals surface area contributed by atoms with Gasteiger partial charge in [0.05, 0.1) is 0 Å². The van der Waals surface area contributed by atoms with Crippen LogP contribution in [-0.2, 0) is 0 Å². The van der Waals surface area contributed by atoms with Crippen LogP contribution in [-0.4, -0.2) is 29.6 Å². The van der Waals surface area contributed by atoms with E-state index in [1.807, 2.05) is 0 Å². The van der Waals surface area contributed by atoms with Gasteiger partial charge in [-0.15, -0.1) is 0 Å². The first-order valence-corrected chi connectivity index (χ1v) is 5.02. The van der Waals surface area contributed by atoms with Crippen LogP contribution in [0.2, 0.25) is 0 Å². The zero-order valence-corrected chi connectivity index (χ0v) is 8.64. The smallest absolute Gasteiger partial charge is 0.0223 e. The Hall–Kier alpha value is -0.0800. The molecule has 0 radical (unpaired) electrons. The van der Waals surface area contributed by atoms with Crippen molar-refractivity contribution in [2.45, 2.75) is 51.6 Å². The third-order valence-corrected chi connectivity index (χ3v) is 2.76. The molecule has 0 aliphatic carbocycles. The molecular formula is C10H22N2. The van der Waals surface area contributed by atoms with Crippen LogP contribution in [0.1, 0.15) is 40.0 Å². The number of rotatable bonds is 1. The van der Waals surface area contributed by atoms with E-state index in [1.54, 1.807) is 0 Å². The summed E-state index contributed by atoms with van der Waals surface area (Å²) < 4.78 is 0. The highest BCUT2D eigenvalue weighted by molar-refractivity contribution is 4.86. The molecule has 1 heterocycles. The Balaban J connectivity index is 2.59. The van der Waals surface area contributed by atoms with E-state index in [9.17, 15) is 0 Å². The third kappa shape index (κ3) is 2.20. The van der Waals surface area contributed by atoms with Crippen LogP contribution < -0.4 is 5.73 Å². The molecule has 0 spiro atoms. The van der Waals surface area contributed by atoms with Crippen LogP contribution in [0.15, 0.2) is 0 Å². The summed E-state index contributed by atoms with van der Waals surface area (Å²) in [7, 11) is 0. The van der Waals surface area contributed by atoms with Gasteiger partial charge in [-0.2, -0.15) is 0 Å². The number of likely N-dealkylation sites (tertiary alicyclic amines) is 1. The van der Waals surface area contributed by atoms with Gasteiger partial charge in [-0.3, -0.25) is 4.90 Å². The van der Waals surface area contributed by atoms with Gasteiger partial charge in [0.2, 0.25) is 0 Å². The molecule has 1 atom stereocenters. The van der Waals surface area contributed by atoms with Crippen molar-refractivity contribution in [3.8, 4) is 0 Å². The molecule has 1 aliphatic heterocycles. The first kappa shape index (κ1) is 10.0.